The van der Waals surface area contributed by atoms with Gasteiger partial charge in [-0.3, -0.25) is 0 Å². The van der Waals surface area contributed by atoms with Gasteiger partial charge in [-0.05, 0) is 45.3 Å². The van der Waals surface area contributed by atoms with Crippen molar-refractivity contribution in [3.63, 3.8) is 0 Å². The third-order valence-corrected chi connectivity index (χ3v) is 3.65. The van der Waals surface area contributed by atoms with Gasteiger partial charge in [0.2, 0.25) is 0 Å². The quantitative estimate of drug-likeness (QED) is 0.711. The summed E-state index contributed by atoms with van der Waals surface area (Å²) < 4.78 is 0. The van der Waals surface area contributed by atoms with E-state index in [9.17, 15) is 0 Å². The molecule has 2 fully saturated rings. The lowest BCUT2D eigenvalue weighted by atomic mass is 10.1. The summed E-state index contributed by atoms with van der Waals surface area (Å²) in [5.41, 5.74) is 0. The minimum absolute atomic E-state index is 0.922. The van der Waals surface area contributed by atoms with Crippen molar-refractivity contribution in [1.82, 2.24) is 10.2 Å². The Hall–Kier alpha value is -0.0800. The zero-order chi connectivity index (χ0) is 9.10. The van der Waals surface area contributed by atoms with Gasteiger partial charge in [0.15, 0.2) is 0 Å². The van der Waals surface area contributed by atoms with Gasteiger partial charge in [-0.2, -0.15) is 0 Å². The van der Waals surface area contributed by atoms with Crippen molar-refractivity contribution in [2.75, 3.05) is 26.7 Å². The zero-order valence-corrected chi connectivity index (χ0v) is 8.76. The Kier molecular flexibility index (Phi) is 3.23. The van der Waals surface area contributed by atoms with Crippen LogP contribution >= 0.6 is 0 Å². The minimum atomic E-state index is 0.922. The molecule has 1 saturated heterocycles. The second-order valence-electron chi connectivity index (χ2n) is 4.65. The smallest absolute Gasteiger partial charge is 0.00953 e. The normalized spacial score (nSPS) is 31.6. The van der Waals surface area contributed by atoms with Gasteiger partial charge >= 0.3 is 0 Å². The average molecular weight is 182 g/mol. The highest BCUT2D eigenvalue weighted by Crippen LogP contribution is 2.28. The van der Waals surface area contributed by atoms with Gasteiger partial charge in [0, 0.05) is 12.6 Å². The molecule has 2 rings (SSSR count). The summed E-state index contributed by atoms with van der Waals surface area (Å²) in [4.78, 5) is 2.73. The molecule has 1 aliphatic heterocycles. The molecule has 0 unspecified atom stereocenters. The van der Waals surface area contributed by atoms with Crippen molar-refractivity contribution in [1.29, 1.82) is 0 Å². The molecule has 2 heteroatoms. The molecule has 1 aliphatic carbocycles. The maximum atomic E-state index is 3.29. The standard InChI is InChI=1S/C11H22N2/c1-12-8-10-6-7-13(9-10)11-4-2-3-5-11/h10-12H,2-9H2,1H3/t10-/m0/s1. The molecule has 1 saturated carbocycles. The first-order valence-corrected chi connectivity index (χ1v) is 5.79. The van der Waals surface area contributed by atoms with Crippen molar-refractivity contribution < 1.29 is 0 Å². The molecule has 0 aromatic heterocycles. The molecule has 0 radical (unpaired) electrons. The third-order valence-electron chi connectivity index (χ3n) is 3.65. The van der Waals surface area contributed by atoms with Crippen LogP contribution in [0.2, 0.25) is 0 Å². The summed E-state index contributed by atoms with van der Waals surface area (Å²) in [6.45, 7) is 3.92. The zero-order valence-electron chi connectivity index (χ0n) is 8.76. The molecule has 0 amide bonds. The molecule has 0 bridgehead atoms. The predicted molar refractivity (Wildman–Crippen MR) is 55.9 cm³/mol. The summed E-state index contributed by atoms with van der Waals surface area (Å²) in [7, 11) is 2.07. The Balaban J connectivity index is 1.76. The Labute approximate surface area is 81.7 Å². The lowest BCUT2D eigenvalue weighted by Crippen LogP contribution is -2.32. The molecule has 2 nitrogen and oxygen atoms in total. The number of nitrogens with zero attached hydrogens (tertiary/aromatic N) is 1. The summed E-state index contributed by atoms with van der Waals surface area (Å²) in [6, 6.07) is 0.946. The lowest BCUT2D eigenvalue weighted by Gasteiger charge is -2.23. The van der Waals surface area contributed by atoms with Gasteiger partial charge in [0.1, 0.15) is 0 Å². The van der Waals surface area contributed by atoms with E-state index in [0.717, 1.165) is 12.0 Å². The van der Waals surface area contributed by atoms with Crippen LogP contribution in [0, 0.1) is 5.92 Å². The molecule has 76 valence electrons. The fourth-order valence-electron chi connectivity index (χ4n) is 2.92. The van der Waals surface area contributed by atoms with Crippen LogP contribution in [0.3, 0.4) is 0 Å². The van der Waals surface area contributed by atoms with Crippen LogP contribution in [0.1, 0.15) is 32.1 Å². The fourth-order valence-corrected chi connectivity index (χ4v) is 2.92. The van der Waals surface area contributed by atoms with Crippen molar-refractivity contribution in [2.45, 2.75) is 38.1 Å². The van der Waals surface area contributed by atoms with E-state index in [-0.39, 0.29) is 0 Å². The maximum Gasteiger partial charge on any atom is 0.00953 e. The number of hydrogen-bond donors (Lipinski definition) is 1. The Morgan fingerprint density at radius 1 is 1.23 bits per heavy atom. The second kappa shape index (κ2) is 4.43. The lowest BCUT2D eigenvalue weighted by molar-refractivity contribution is 0.237. The molecular formula is C11H22N2. The molecule has 1 atom stereocenters. The summed E-state index contributed by atoms with van der Waals surface area (Å²) in [6.07, 6.45) is 7.28. The molecule has 1 heterocycles. The summed E-state index contributed by atoms with van der Waals surface area (Å²) >= 11 is 0. The van der Waals surface area contributed by atoms with E-state index in [0.29, 0.717) is 0 Å². The first kappa shape index (κ1) is 9.47. The molecular weight excluding hydrogens is 160 g/mol. The third kappa shape index (κ3) is 2.23. The fraction of sp³-hybridized carbons (Fsp3) is 1.00. The van der Waals surface area contributed by atoms with Crippen molar-refractivity contribution in [3.8, 4) is 0 Å². The van der Waals surface area contributed by atoms with E-state index in [4.69, 9.17) is 0 Å². The predicted octanol–water partition coefficient (Wildman–Crippen LogP) is 1.47. The first-order valence-electron chi connectivity index (χ1n) is 5.79. The maximum absolute atomic E-state index is 3.29. The largest absolute Gasteiger partial charge is 0.319 e. The highest BCUT2D eigenvalue weighted by molar-refractivity contribution is 4.84. The van der Waals surface area contributed by atoms with Crippen molar-refractivity contribution in [3.05, 3.63) is 0 Å². The minimum Gasteiger partial charge on any atom is -0.319 e. The molecule has 2 aliphatic rings. The van der Waals surface area contributed by atoms with Crippen LogP contribution in [0.25, 0.3) is 0 Å². The molecule has 0 aromatic carbocycles. The number of rotatable bonds is 3. The van der Waals surface area contributed by atoms with Gasteiger partial charge in [-0.1, -0.05) is 12.8 Å². The van der Waals surface area contributed by atoms with E-state index < -0.39 is 0 Å². The van der Waals surface area contributed by atoms with E-state index in [1.807, 2.05) is 0 Å². The van der Waals surface area contributed by atoms with Gasteiger partial charge in [0.25, 0.3) is 0 Å². The van der Waals surface area contributed by atoms with Crippen LogP contribution < -0.4 is 5.32 Å². The Bertz CT molecular complexity index is 152. The summed E-state index contributed by atoms with van der Waals surface area (Å²) in [5, 5.41) is 3.29. The number of nitrogens with one attached hydrogen (secondary N) is 1. The van der Waals surface area contributed by atoms with Crippen molar-refractivity contribution in [2.24, 2.45) is 5.92 Å². The number of likely N-dealkylation sites (tertiary alicyclic amines) is 1. The van der Waals surface area contributed by atoms with Gasteiger partial charge in [-0.15, -0.1) is 0 Å². The Morgan fingerprint density at radius 3 is 2.69 bits per heavy atom. The van der Waals surface area contributed by atoms with E-state index in [1.54, 1.807) is 0 Å². The SMILES string of the molecule is CNC[C@@H]1CCN(C2CCCC2)C1. The second-order valence-corrected chi connectivity index (χ2v) is 4.65. The topological polar surface area (TPSA) is 15.3 Å². The average Bonchev–Trinajstić information content (AvgIpc) is 2.70. The van der Waals surface area contributed by atoms with Crippen LogP contribution in [-0.4, -0.2) is 37.6 Å². The van der Waals surface area contributed by atoms with Gasteiger partial charge < -0.3 is 10.2 Å². The molecule has 13 heavy (non-hydrogen) atoms. The van der Waals surface area contributed by atoms with E-state index in [2.05, 4.69) is 17.3 Å². The monoisotopic (exact) mass is 182 g/mol. The molecule has 0 aromatic rings. The molecule has 0 spiro atoms. The van der Waals surface area contributed by atoms with Gasteiger partial charge in [0.05, 0.1) is 0 Å². The van der Waals surface area contributed by atoms with Crippen LogP contribution in [0.5, 0.6) is 0 Å². The van der Waals surface area contributed by atoms with Crippen LogP contribution in [0.15, 0.2) is 0 Å². The highest BCUT2D eigenvalue weighted by Gasteiger charge is 2.29. The van der Waals surface area contributed by atoms with Crippen LogP contribution in [-0.2, 0) is 0 Å². The first-order chi connectivity index (χ1) is 6.40. The highest BCUT2D eigenvalue weighted by atomic mass is 15.2. The van der Waals surface area contributed by atoms with E-state index in [1.165, 1.54) is 51.7 Å². The van der Waals surface area contributed by atoms with Crippen molar-refractivity contribution >= 4 is 0 Å². The van der Waals surface area contributed by atoms with Crippen LogP contribution in [0.4, 0.5) is 0 Å². The Morgan fingerprint density at radius 2 is 2.00 bits per heavy atom. The number of hydrogen-bond acceptors (Lipinski definition) is 2. The van der Waals surface area contributed by atoms with Gasteiger partial charge in [-0.25, -0.2) is 0 Å². The summed E-state index contributed by atoms with van der Waals surface area (Å²) in [5.74, 6) is 0.922. The van der Waals surface area contributed by atoms with E-state index >= 15 is 0 Å². The molecule has 1 N–H and O–H groups in total.